The molecule has 0 bridgehead atoms. The summed E-state index contributed by atoms with van der Waals surface area (Å²) in [5.74, 6) is 0. The van der Waals surface area contributed by atoms with E-state index < -0.39 is 0 Å². The van der Waals surface area contributed by atoms with Crippen molar-refractivity contribution in [3.63, 3.8) is 0 Å². The van der Waals surface area contributed by atoms with Gasteiger partial charge in [0.15, 0.2) is 0 Å². The largest absolute Gasteiger partial charge is 0.388 e. The second kappa shape index (κ2) is 5.33. The number of fused-ring (bicyclic) bond motifs is 1. The molecule has 1 N–H and O–H groups in total. The highest BCUT2D eigenvalue weighted by atomic mass is 14.8. The van der Waals surface area contributed by atoms with E-state index >= 15 is 0 Å². The van der Waals surface area contributed by atoms with E-state index in [1.54, 1.807) is 0 Å². The van der Waals surface area contributed by atoms with Gasteiger partial charge in [0.1, 0.15) is 0 Å². The predicted octanol–water partition coefficient (Wildman–Crippen LogP) is 4.18. The number of pyridine rings is 1. The molecule has 3 rings (SSSR count). The molecular weight excluding hydrogens is 244 g/mol. The molecule has 0 saturated heterocycles. The van der Waals surface area contributed by atoms with Crippen LogP contribution in [0.5, 0.6) is 0 Å². The fourth-order valence-corrected chi connectivity index (χ4v) is 2.47. The van der Waals surface area contributed by atoms with Gasteiger partial charge in [-0.25, -0.2) is 0 Å². The number of nitrogens with one attached hydrogen (secondary N) is 1. The van der Waals surface area contributed by atoms with Crippen LogP contribution in [0.3, 0.4) is 0 Å². The first-order valence-electron chi connectivity index (χ1n) is 6.86. The van der Waals surface area contributed by atoms with Crippen LogP contribution in [0.25, 0.3) is 10.9 Å². The summed E-state index contributed by atoms with van der Waals surface area (Å²) >= 11 is 0. The zero-order valence-electron chi connectivity index (χ0n) is 11.9. The molecular formula is C18H18N2. The quantitative estimate of drug-likeness (QED) is 0.766. The molecule has 100 valence electrons. The van der Waals surface area contributed by atoms with Gasteiger partial charge in [-0.3, -0.25) is 4.98 Å². The Labute approximate surface area is 119 Å². The molecule has 0 aliphatic rings. The Balaban J connectivity index is 1.93. The van der Waals surface area contributed by atoms with Crippen LogP contribution in [0.4, 0.5) is 5.69 Å². The fourth-order valence-electron chi connectivity index (χ4n) is 2.47. The summed E-state index contributed by atoms with van der Waals surface area (Å²) in [6.45, 7) is 2.08. The van der Waals surface area contributed by atoms with Gasteiger partial charge in [-0.05, 0) is 60.4 Å². The van der Waals surface area contributed by atoms with Crippen molar-refractivity contribution in [1.29, 1.82) is 0 Å². The summed E-state index contributed by atoms with van der Waals surface area (Å²) in [5.41, 5.74) is 6.05. The normalized spacial score (nSPS) is 10.7. The van der Waals surface area contributed by atoms with Gasteiger partial charge in [0.2, 0.25) is 0 Å². The molecule has 20 heavy (non-hydrogen) atoms. The molecule has 0 radical (unpaired) electrons. The van der Waals surface area contributed by atoms with Gasteiger partial charge in [0, 0.05) is 24.3 Å². The van der Waals surface area contributed by atoms with E-state index in [4.69, 9.17) is 0 Å². The van der Waals surface area contributed by atoms with E-state index in [1.165, 1.54) is 22.1 Å². The lowest BCUT2D eigenvalue weighted by atomic mass is 10.0. The minimum atomic E-state index is 0.944. The number of nitrogens with zero attached hydrogens (tertiary/aromatic N) is 1. The van der Waals surface area contributed by atoms with E-state index in [-0.39, 0.29) is 0 Å². The van der Waals surface area contributed by atoms with E-state index in [2.05, 4.69) is 65.8 Å². The summed E-state index contributed by atoms with van der Waals surface area (Å²) in [5, 5.41) is 4.40. The number of rotatable bonds is 3. The van der Waals surface area contributed by atoms with Crippen LogP contribution in [0.1, 0.15) is 16.7 Å². The monoisotopic (exact) mass is 262 g/mol. The second-order valence-corrected chi connectivity index (χ2v) is 5.17. The standard InChI is InChI=1S/C18H18N2/c1-13-8-16-10-15(6-7-18(16)20-12-13)9-14-4-3-5-17(11-14)19-2/h3-8,10-12,19H,9H2,1-2H3. The van der Waals surface area contributed by atoms with E-state index in [0.29, 0.717) is 0 Å². The summed E-state index contributed by atoms with van der Waals surface area (Å²) in [6.07, 6.45) is 2.86. The van der Waals surface area contributed by atoms with Gasteiger partial charge >= 0.3 is 0 Å². The number of aromatic nitrogens is 1. The molecule has 2 aromatic carbocycles. The third kappa shape index (κ3) is 2.64. The average Bonchev–Trinajstić information content (AvgIpc) is 2.47. The molecule has 2 heteroatoms. The number of anilines is 1. The molecule has 0 unspecified atom stereocenters. The number of hydrogen-bond acceptors (Lipinski definition) is 2. The first-order valence-corrected chi connectivity index (χ1v) is 6.86. The highest BCUT2D eigenvalue weighted by Crippen LogP contribution is 2.19. The zero-order chi connectivity index (χ0) is 13.9. The maximum absolute atomic E-state index is 4.45. The van der Waals surface area contributed by atoms with E-state index in [9.17, 15) is 0 Å². The Bertz CT molecular complexity index is 747. The van der Waals surface area contributed by atoms with Crippen molar-refractivity contribution in [2.75, 3.05) is 12.4 Å². The summed E-state index contributed by atoms with van der Waals surface area (Å²) in [6, 6.07) is 17.2. The smallest absolute Gasteiger partial charge is 0.0702 e. The van der Waals surface area contributed by atoms with Crippen molar-refractivity contribution in [3.8, 4) is 0 Å². The van der Waals surface area contributed by atoms with Gasteiger partial charge in [0.25, 0.3) is 0 Å². The maximum Gasteiger partial charge on any atom is 0.0702 e. The van der Waals surface area contributed by atoms with Crippen LogP contribution in [0, 0.1) is 6.92 Å². The van der Waals surface area contributed by atoms with Gasteiger partial charge in [-0.15, -0.1) is 0 Å². The molecule has 0 fully saturated rings. The molecule has 0 amide bonds. The summed E-state index contributed by atoms with van der Waals surface area (Å²) in [4.78, 5) is 4.45. The SMILES string of the molecule is CNc1cccc(Cc2ccc3ncc(C)cc3c2)c1. The van der Waals surface area contributed by atoms with E-state index in [0.717, 1.165) is 17.6 Å². The predicted molar refractivity (Wildman–Crippen MR) is 85.3 cm³/mol. The van der Waals surface area contributed by atoms with Crippen molar-refractivity contribution < 1.29 is 0 Å². The van der Waals surface area contributed by atoms with Crippen LogP contribution in [0.2, 0.25) is 0 Å². The van der Waals surface area contributed by atoms with Crippen molar-refractivity contribution in [3.05, 3.63) is 71.4 Å². The summed E-state index contributed by atoms with van der Waals surface area (Å²) in [7, 11) is 1.95. The molecule has 0 spiro atoms. The Hall–Kier alpha value is -2.35. The van der Waals surface area contributed by atoms with Crippen LogP contribution in [-0.4, -0.2) is 12.0 Å². The molecule has 0 aliphatic carbocycles. The lowest BCUT2D eigenvalue weighted by Gasteiger charge is -2.06. The highest BCUT2D eigenvalue weighted by Gasteiger charge is 2.01. The number of aryl methyl sites for hydroxylation is 1. The van der Waals surface area contributed by atoms with Crippen molar-refractivity contribution in [1.82, 2.24) is 4.98 Å². The van der Waals surface area contributed by atoms with Crippen LogP contribution < -0.4 is 5.32 Å². The third-order valence-corrected chi connectivity index (χ3v) is 3.51. The minimum absolute atomic E-state index is 0.944. The Kier molecular flexibility index (Phi) is 3.38. The minimum Gasteiger partial charge on any atom is -0.388 e. The lowest BCUT2D eigenvalue weighted by molar-refractivity contribution is 1.19. The molecule has 2 nitrogen and oxygen atoms in total. The van der Waals surface area contributed by atoms with Gasteiger partial charge < -0.3 is 5.32 Å². The molecule has 1 aromatic heterocycles. The Morgan fingerprint density at radius 3 is 2.70 bits per heavy atom. The van der Waals surface area contributed by atoms with Crippen molar-refractivity contribution >= 4 is 16.6 Å². The van der Waals surface area contributed by atoms with Crippen molar-refractivity contribution in [2.45, 2.75) is 13.3 Å². The third-order valence-electron chi connectivity index (χ3n) is 3.51. The highest BCUT2D eigenvalue weighted by molar-refractivity contribution is 5.79. The molecule has 3 aromatic rings. The van der Waals surface area contributed by atoms with Gasteiger partial charge in [-0.1, -0.05) is 18.2 Å². The molecule has 0 saturated carbocycles. The van der Waals surface area contributed by atoms with Gasteiger partial charge in [-0.2, -0.15) is 0 Å². The zero-order valence-corrected chi connectivity index (χ0v) is 11.9. The van der Waals surface area contributed by atoms with Gasteiger partial charge in [0.05, 0.1) is 5.52 Å². The van der Waals surface area contributed by atoms with Crippen LogP contribution in [0.15, 0.2) is 54.7 Å². The topological polar surface area (TPSA) is 24.9 Å². The van der Waals surface area contributed by atoms with E-state index in [1.807, 2.05) is 13.2 Å². The molecule has 0 atom stereocenters. The summed E-state index contributed by atoms with van der Waals surface area (Å²) < 4.78 is 0. The second-order valence-electron chi connectivity index (χ2n) is 5.17. The Morgan fingerprint density at radius 2 is 1.85 bits per heavy atom. The number of benzene rings is 2. The number of hydrogen-bond donors (Lipinski definition) is 1. The fraction of sp³-hybridized carbons (Fsp3) is 0.167. The lowest BCUT2D eigenvalue weighted by Crippen LogP contribution is -1.92. The Morgan fingerprint density at radius 1 is 1.00 bits per heavy atom. The molecule has 0 aliphatic heterocycles. The average molecular weight is 262 g/mol. The van der Waals surface area contributed by atoms with Crippen molar-refractivity contribution in [2.24, 2.45) is 0 Å². The first kappa shape index (κ1) is 12.7. The van der Waals surface area contributed by atoms with Crippen LogP contribution >= 0.6 is 0 Å². The van der Waals surface area contributed by atoms with Crippen LogP contribution in [-0.2, 0) is 6.42 Å². The maximum atomic E-state index is 4.45. The molecule has 1 heterocycles. The first-order chi connectivity index (χ1) is 9.74.